The Morgan fingerprint density at radius 2 is 2.23 bits per heavy atom. The fourth-order valence-electron chi connectivity index (χ4n) is 1.28. The summed E-state index contributed by atoms with van der Waals surface area (Å²) in [5.74, 6) is 0.536. The fourth-order valence-corrected chi connectivity index (χ4v) is 1.28. The Hall–Kier alpha value is -1.18. The van der Waals surface area contributed by atoms with Crippen molar-refractivity contribution in [3.05, 3.63) is 29.1 Å². The zero-order valence-electron chi connectivity index (χ0n) is 8.37. The van der Waals surface area contributed by atoms with Crippen molar-refractivity contribution in [1.82, 2.24) is 4.98 Å². The van der Waals surface area contributed by atoms with E-state index in [9.17, 15) is 4.79 Å². The second kappa shape index (κ2) is 4.17. The molecule has 70 valence electrons. The molecular formula is C11H15NO. The first-order valence-corrected chi connectivity index (χ1v) is 4.54. The molecule has 1 aromatic heterocycles. The molecule has 0 radical (unpaired) electrons. The summed E-state index contributed by atoms with van der Waals surface area (Å²) in [4.78, 5) is 15.0. The molecule has 1 rings (SSSR count). The van der Waals surface area contributed by atoms with Crippen LogP contribution in [0.2, 0.25) is 0 Å². The first-order chi connectivity index (χ1) is 6.13. The van der Waals surface area contributed by atoms with Gasteiger partial charge in [-0.3, -0.25) is 9.78 Å². The fraction of sp³-hybridized carbons (Fsp3) is 0.455. The maximum absolute atomic E-state index is 10.7. The summed E-state index contributed by atoms with van der Waals surface area (Å²) in [6.45, 7) is 6.19. The summed E-state index contributed by atoms with van der Waals surface area (Å²) in [6.07, 6.45) is 3.57. The second-order valence-corrected chi connectivity index (χ2v) is 3.76. The molecule has 2 heteroatoms. The highest BCUT2D eigenvalue weighted by Crippen LogP contribution is 2.10. The van der Waals surface area contributed by atoms with Crippen LogP contribution in [0.4, 0.5) is 0 Å². The molecule has 0 bridgehead atoms. The summed E-state index contributed by atoms with van der Waals surface area (Å²) < 4.78 is 0. The van der Waals surface area contributed by atoms with E-state index in [1.54, 1.807) is 0 Å². The predicted molar refractivity (Wildman–Crippen MR) is 52.9 cm³/mol. The Morgan fingerprint density at radius 3 is 2.77 bits per heavy atom. The highest BCUT2D eigenvalue weighted by Gasteiger charge is 2.05. The van der Waals surface area contributed by atoms with Gasteiger partial charge in [0, 0.05) is 11.8 Å². The van der Waals surface area contributed by atoms with Crippen LogP contribution in [0, 0.1) is 12.8 Å². The first-order valence-electron chi connectivity index (χ1n) is 4.54. The lowest BCUT2D eigenvalue weighted by atomic mass is 10.0. The normalized spacial score (nSPS) is 10.5. The van der Waals surface area contributed by atoms with E-state index in [0.29, 0.717) is 5.92 Å². The SMILES string of the molecule is Cc1cnc(CC(C)C)c(C=O)c1. The highest BCUT2D eigenvalue weighted by atomic mass is 16.1. The van der Waals surface area contributed by atoms with Crippen molar-refractivity contribution in [2.24, 2.45) is 5.92 Å². The number of aryl methyl sites for hydroxylation is 1. The van der Waals surface area contributed by atoms with E-state index in [-0.39, 0.29) is 0 Å². The van der Waals surface area contributed by atoms with Crippen LogP contribution in [0.1, 0.15) is 35.5 Å². The average Bonchev–Trinajstić information content (AvgIpc) is 2.07. The van der Waals surface area contributed by atoms with E-state index in [1.807, 2.05) is 19.2 Å². The van der Waals surface area contributed by atoms with Crippen LogP contribution < -0.4 is 0 Å². The van der Waals surface area contributed by atoms with Crippen LogP contribution in [0.5, 0.6) is 0 Å². The third-order valence-corrected chi connectivity index (χ3v) is 1.87. The lowest BCUT2D eigenvalue weighted by molar-refractivity contribution is 0.112. The average molecular weight is 177 g/mol. The van der Waals surface area contributed by atoms with Gasteiger partial charge in [0.15, 0.2) is 6.29 Å². The number of pyridine rings is 1. The van der Waals surface area contributed by atoms with E-state index >= 15 is 0 Å². The third-order valence-electron chi connectivity index (χ3n) is 1.87. The van der Waals surface area contributed by atoms with Crippen molar-refractivity contribution in [2.75, 3.05) is 0 Å². The van der Waals surface area contributed by atoms with Crippen molar-refractivity contribution < 1.29 is 4.79 Å². The van der Waals surface area contributed by atoms with E-state index in [2.05, 4.69) is 18.8 Å². The molecule has 0 atom stereocenters. The number of rotatable bonds is 3. The standard InChI is InChI=1S/C11H15NO/c1-8(2)4-11-10(7-13)5-9(3)6-12-11/h5-8H,4H2,1-3H3. The Balaban J connectivity index is 2.99. The molecule has 0 saturated heterocycles. The Labute approximate surface area is 79.0 Å². The molecule has 13 heavy (non-hydrogen) atoms. The maximum Gasteiger partial charge on any atom is 0.151 e. The second-order valence-electron chi connectivity index (χ2n) is 3.76. The minimum atomic E-state index is 0.536. The molecule has 1 aromatic rings. The topological polar surface area (TPSA) is 30.0 Å². The van der Waals surface area contributed by atoms with Gasteiger partial charge in [0.2, 0.25) is 0 Å². The predicted octanol–water partition coefficient (Wildman–Crippen LogP) is 2.40. The van der Waals surface area contributed by atoms with Crippen LogP contribution in [0.25, 0.3) is 0 Å². The maximum atomic E-state index is 10.7. The monoisotopic (exact) mass is 177 g/mol. The molecule has 0 aliphatic carbocycles. The van der Waals surface area contributed by atoms with Gasteiger partial charge in [0.05, 0.1) is 5.69 Å². The molecule has 0 spiro atoms. The number of carbonyl (C=O) groups excluding carboxylic acids is 1. The molecule has 0 aliphatic rings. The molecule has 0 fully saturated rings. The summed E-state index contributed by atoms with van der Waals surface area (Å²) in [6, 6.07) is 1.89. The molecule has 1 heterocycles. The van der Waals surface area contributed by atoms with Crippen molar-refractivity contribution >= 4 is 6.29 Å². The molecule has 0 aromatic carbocycles. The molecular weight excluding hydrogens is 162 g/mol. The zero-order chi connectivity index (χ0) is 9.84. The van der Waals surface area contributed by atoms with Gasteiger partial charge in [-0.1, -0.05) is 13.8 Å². The van der Waals surface area contributed by atoms with E-state index in [0.717, 1.165) is 29.5 Å². The third kappa shape index (κ3) is 2.65. The number of aldehydes is 1. The number of hydrogen-bond acceptors (Lipinski definition) is 2. The van der Waals surface area contributed by atoms with E-state index in [1.165, 1.54) is 0 Å². The van der Waals surface area contributed by atoms with Gasteiger partial charge in [0.25, 0.3) is 0 Å². The number of hydrogen-bond donors (Lipinski definition) is 0. The van der Waals surface area contributed by atoms with Crippen LogP contribution in [0.3, 0.4) is 0 Å². The molecule has 0 amide bonds. The van der Waals surface area contributed by atoms with E-state index < -0.39 is 0 Å². The lowest BCUT2D eigenvalue weighted by Gasteiger charge is -2.06. The van der Waals surface area contributed by atoms with Crippen molar-refractivity contribution in [3.8, 4) is 0 Å². The number of nitrogens with zero attached hydrogens (tertiary/aromatic N) is 1. The summed E-state index contributed by atoms with van der Waals surface area (Å²) in [7, 11) is 0. The summed E-state index contributed by atoms with van der Waals surface area (Å²) in [5, 5.41) is 0. The van der Waals surface area contributed by atoms with Gasteiger partial charge >= 0.3 is 0 Å². The Bertz CT molecular complexity index is 305. The Morgan fingerprint density at radius 1 is 1.54 bits per heavy atom. The van der Waals surface area contributed by atoms with Crippen LogP contribution >= 0.6 is 0 Å². The number of aromatic nitrogens is 1. The van der Waals surface area contributed by atoms with E-state index in [4.69, 9.17) is 0 Å². The molecule has 0 saturated carbocycles. The van der Waals surface area contributed by atoms with Crippen LogP contribution in [-0.4, -0.2) is 11.3 Å². The minimum Gasteiger partial charge on any atom is -0.298 e. The smallest absolute Gasteiger partial charge is 0.151 e. The molecule has 0 aliphatic heterocycles. The lowest BCUT2D eigenvalue weighted by Crippen LogP contribution is -2.02. The Kier molecular flexibility index (Phi) is 3.18. The van der Waals surface area contributed by atoms with Gasteiger partial charge in [-0.2, -0.15) is 0 Å². The van der Waals surface area contributed by atoms with Crippen molar-refractivity contribution in [1.29, 1.82) is 0 Å². The molecule has 0 N–H and O–H groups in total. The largest absolute Gasteiger partial charge is 0.298 e. The van der Waals surface area contributed by atoms with Gasteiger partial charge in [-0.05, 0) is 30.9 Å². The molecule has 2 nitrogen and oxygen atoms in total. The number of carbonyl (C=O) groups is 1. The van der Waals surface area contributed by atoms with Crippen molar-refractivity contribution in [3.63, 3.8) is 0 Å². The highest BCUT2D eigenvalue weighted by molar-refractivity contribution is 5.76. The van der Waals surface area contributed by atoms with Gasteiger partial charge in [-0.15, -0.1) is 0 Å². The van der Waals surface area contributed by atoms with Gasteiger partial charge in [0.1, 0.15) is 0 Å². The molecule has 0 unspecified atom stereocenters. The first kappa shape index (κ1) is 9.90. The zero-order valence-corrected chi connectivity index (χ0v) is 8.37. The quantitative estimate of drug-likeness (QED) is 0.663. The van der Waals surface area contributed by atoms with Gasteiger partial charge < -0.3 is 0 Å². The van der Waals surface area contributed by atoms with Crippen LogP contribution in [0.15, 0.2) is 12.3 Å². The minimum absolute atomic E-state index is 0.536. The summed E-state index contributed by atoms with van der Waals surface area (Å²) >= 11 is 0. The van der Waals surface area contributed by atoms with Crippen molar-refractivity contribution in [2.45, 2.75) is 27.2 Å². The van der Waals surface area contributed by atoms with Gasteiger partial charge in [-0.25, -0.2) is 0 Å². The summed E-state index contributed by atoms with van der Waals surface area (Å²) in [5.41, 5.74) is 2.68. The van der Waals surface area contributed by atoms with Crippen LogP contribution in [-0.2, 0) is 6.42 Å².